The molecule has 1 amide bonds. The van der Waals surface area contributed by atoms with Crippen LogP contribution in [0.4, 0.5) is 0 Å². The van der Waals surface area contributed by atoms with Crippen LogP contribution in [0.3, 0.4) is 0 Å². The first-order valence-corrected chi connectivity index (χ1v) is 12.3. The highest BCUT2D eigenvalue weighted by Gasteiger charge is 2.31. The summed E-state index contributed by atoms with van der Waals surface area (Å²) >= 11 is 1.54. The lowest BCUT2D eigenvalue weighted by Gasteiger charge is -2.26. The number of ether oxygens (including phenoxy) is 3. The summed E-state index contributed by atoms with van der Waals surface area (Å²) in [5.41, 5.74) is 3.14. The van der Waals surface area contributed by atoms with Crippen LogP contribution in [-0.4, -0.2) is 47.1 Å². The van der Waals surface area contributed by atoms with Crippen LogP contribution in [0, 0.1) is 0 Å². The average molecular weight is 474 g/mol. The van der Waals surface area contributed by atoms with Gasteiger partial charge in [-0.25, -0.2) is 9.97 Å². The van der Waals surface area contributed by atoms with Crippen molar-refractivity contribution in [2.45, 2.75) is 18.9 Å². The molecule has 0 unspecified atom stereocenters. The molecule has 0 radical (unpaired) electrons. The second kappa shape index (κ2) is 8.95. The zero-order valence-electron chi connectivity index (χ0n) is 18.5. The van der Waals surface area contributed by atoms with Gasteiger partial charge in [0, 0.05) is 17.5 Å². The van der Waals surface area contributed by atoms with Crippen molar-refractivity contribution >= 4 is 27.5 Å². The molecule has 2 aliphatic rings. The monoisotopic (exact) mass is 473 g/mol. The first kappa shape index (κ1) is 20.9. The average Bonchev–Trinajstić information content (AvgIpc) is 3.55. The summed E-state index contributed by atoms with van der Waals surface area (Å²) in [5.74, 6) is 1.88. The molecule has 0 aliphatic carbocycles. The van der Waals surface area contributed by atoms with Crippen molar-refractivity contribution in [1.29, 1.82) is 0 Å². The maximum absolute atomic E-state index is 13.2. The van der Waals surface area contributed by atoms with E-state index in [1.807, 2.05) is 53.4 Å². The second-order valence-corrected chi connectivity index (χ2v) is 9.17. The Morgan fingerprint density at radius 2 is 1.94 bits per heavy atom. The number of rotatable bonds is 5. The smallest absolute Gasteiger partial charge is 0.261 e. The molecule has 1 atom stereocenters. The Balaban J connectivity index is 1.22. The number of carbonyl (C=O) groups is 1. The highest BCUT2D eigenvalue weighted by molar-refractivity contribution is 7.17. The number of nitrogens with zero attached hydrogens (tertiary/aromatic N) is 3. The number of hydrogen-bond acceptors (Lipinski definition) is 7. The van der Waals surface area contributed by atoms with Crippen LogP contribution in [-0.2, 0) is 4.79 Å². The van der Waals surface area contributed by atoms with Gasteiger partial charge in [0.2, 0.25) is 5.88 Å². The summed E-state index contributed by atoms with van der Waals surface area (Å²) in [6.07, 6.45) is 3.35. The van der Waals surface area contributed by atoms with E-state index in [1.165, 1.54) is 6.33 Å². The number of benzene rings is 2. The van der Waals surface area contributed by atoms with E-state index in [9.17, 15) is 4.79 Å². The molecule has 2 aromatic heterocycles. The van der Waals surface area contributed by atoms with Gasteiger partial charge in [-0.15, -0.1) is 11.3 Å². The van der Waals surface area contributed by atoms with E-state index in [1.54, 1.807) is 11.3 Å². The summed E-state index contributed by atoms with van der Waals surface area (Å²) in [5, 5.41) is 2.90. The molecule has 34 heavy (non-hydrogen) atoms. The van der Waals surface area contributed by atoms with Gasteiger partial charge < -0.3 is 19.1 Å². The first-order valence-electron chi connectivity index (χ1n) is 11.4. The van der Waals surface area contributed by atoms with Gasteiger partial charge in [0.25, 0.3) is 5.91 Å². The van der Waals surface area contributed by atoms with Crippen LogP contribution in [0.15, 0.2) is 60.2 Å². The van der Waals surface area contributed by atoms with Crippen molar-refractivity contribution in [2.24, 2.45) is 0 Å². The van der Waals surface area contributed by atoms with E-state index in [4.69, 9.17) is 14.2 Å². The van der Waals surface area contributed by atoms with Crippen LogP contribution in [0.25, 0.3) is 21.3 Å². The molecule has 0 spiro atoms. The quantitative estimate of drug-likeness (QED) is 0.412. The third-order valence-corrected chi connectivity index (χ3v) is 7.16. The number of thiophene rings is 1. The molecule has 0 bridgehead atoms. The van der Waals surface area contributed by atoms with E-state index < -0.39 is 0 Å². The van der Waals surface area contributed by atoms with E-state index in [0.29, 0.717) is 25.6 Å². The number of hydrogen-bond donors (Lipinski definition) is 0. The van der Waals surface area contributed by atoms with Gasteiger partial charge in [-0.1, -0.05) is 36.4 Å². The van der Waals surface area contributed by atoms with Gasteiger partial charge in [-0.2, -0.15) is 0 Å². The lowest BCUT2D eigenvalue weighted by molar-refractivity contribution is -0.134. The minimum atomic E-state index is -0.0722. The van der Waals surface area contributed by atoms with Crippen molar-refractivity contribution in [1.82, 2.24) is 14.9 Å². The Morgan fingerprint density at radius 3 is 2.82 bits per heavy atom. The van der Waals surface area contributed by atoms with E-state index in [-0.39, 0.29) is 18.6 Å². The van der Waals surface area contributed by atoms with E-state index in [0.717, 1.165) is 51.2 Å². The second-order valence-electron chi connectivity index (χ2n) is 8.31. The fraction of sp³-hybridized carbons (Fsp3) is 0.269. The lowest BCUT2D eigenvalue weighted by Crippen LogP contribution is -2.34. The summed E-state index contributed by atoms with van der Waals surface area (Å²) in [7, 11) is 0. The van der Waals surface area contributed by atoms with Crippen molar-refractivity contribution < 1.29 is 19.0 Å². The summed E-state index contributed by atoms with van der Waals surface area (Å²) in [4.78, 5) is 24.7. The molecule has 4 aromatic rings. The number of likely N-dealkylation sites (tertiary alicyclic amines) is 1. The highest BCUT2D eigenvalue weighted by Crippen LogP contribution is 2.39. The Bertz CT molecular complexity index is 1340. The highest BCUT2D eigenvalue weighted by atomic mass is 32.1. The number of fused-ring (bicyclic) bond motifs is 2. The molecule has 0 N–H and O–H groups in total. The fourth-order valence-corrected chi connectivity index (χ4v) is 5.59. The van der Waals surface area contributed by atoms with Crippen LogP contribution < -0.4 is 14.2 Å². The zero-order chi connectivity index (χ0) is 22.9. The maximum Gasteiger partial charge on any atom is 0.261 e. The summed E-state index contributed by atoms with van der Waals surface area (Å²) in [6.45, 7) is 1.73. The number of carbonyl (C=O) groups excluding carboxylic acids is 1. The molecule has 172 valence electrons. The maximum atomic E-state index is 13.2. The lowest BCUT2D eigenvalue weighted by atomic mass is 10.0. The molecule has 8 heteroatoms. The van der Waals surface area contributed by atoms with Crippen molar-refractivity contribution in [3.63, 3.8) is 0 Å². The third-order valence-electron chi connectivity index (χ3n) is 6.28. The molecule has 1 fully saturated rings. The number of amides is 1. The molecule has 0 saturated carbocycles. The molecular weight excluding hydrogens is 450 g/mol. The minimum Gasteiger partial charge on any atom is -0.486 e. The molecular formula is C26H23N3O4S. The van der Waals surface area contributed by atoms with Gasteiger partial charge in [0.1, 0.15) is 24.4 Å². The summed E-state index contributed by atoms with van der Waals surface area (Å²) < 4.78 is 17.4. The fourth-order valence-electron chi connectivity index (χ4n) is 4.68. The molecule has 1 saturated heterocycles. The Kier molecular flexibility index (Phi) is 5.50. The standard InChI is InChI=1S/C26H23N3O4S/c30-23(29-10-4-7-20(29)18-8-9-21-22(13-18)32-12-11-31-21)14-33-25-24-19(17-5-2-1-3-6-17)15-34-26(24)28-16-27-25/h1-3,5-6,8-9,13,15-16,20H,4,7,10-12,14H2/t20-/m0/s1. The molecule has 7 nitrogen and oxygen atoms in total. The SMILES string of the molecule is O=C(COc1ncnc2scc(-c3ccccc3)c12)N1CCC[C@H]1c1ccc2c(c1)OCCO2. The molecule has 6 rings (SSSR count). The van der Waals surface area contributed by atoms with E-state index in [2.05, 4.69) is 15.3 Å². The molecule has 2 aliphatic heterocycles. The van der Waals surface area contributed by atoms with Crippen LogP contribution >= 0.6 is 11.3 Å². The first-order chi connectivity index (χ1) is 16.8. The van der Waals surface area contributed by atoms with Crippen LogP contribution in [0.1, 0.15) is 24.4 Å². The van der Waals surface area contributed by atoms with Gasteiger partial charge in [-0.05, 0) is 36.1 Å². The van der Waals surface area contributed by atoms with Crippen molar-refractivity contribution in [3.05, 3.63) is 65.8 Å². The van der Waals surface area contributed by atoms with Crippen molar-refractivity contribution in [3.8, 4) is 28.5 Å². The number of aromatic nitrogens is 2. The van der Waals surface area contributed by atoms with Crippen molar-refractivity contribution in [2.75, 3.05) is 26.4 Å². The summed E-state index contributed by atoms with van der Waals surface area (Å²) in [6, 6.07) is 16.0. The Hall–Kier alpha value is -3.65. The molecule has 4 heterocycles. The van der Waals surface area contributed by atoms with Gasteiger partial charge in [0.15, 0.2) is 18.1 Å². The van der Waals surface area contributed by atoms with Gasteiger partial charge >= 0.3 is 0 Å². The Labute approximate surface area is 200 Å². The van der Waals surface area contributed by atoms with Gasteiger partial charge in [-0.3, -0.25) is 4.79 Å². The minimum absolute atomic E-state index is 0.00151. The predicted molar refractivity (Wildman–Crippen MR) is 129 cm³/mol. The third kappa shape index (κ3) is 3.84. The zero-order valence-corrected chi connectivity index (χ0v) is 19.3. The largest absolute Gasteiger partial charge is 0.486 e. The Morgan fingerprint density at radius 1 is 1.09 bits per heavy atom. The van der Waals surface area contributed by atoms with Crippen LogP contribution in [0.2, 0.25) is 0 Å². The normalized spacial score (nSPS) is 17.2. The topological polar surface area (TPSA) is 73.8 Å². The predicted octanol–water partition coefficient (Wildman–Crippen LogP) is 4.87. The van der Waals surface area contributed by atoms with Crippen LogP contribution in [0.5, 0.6) is 17.4 Å². The van der Waals surface area contributed by atoms with Gasteiger partial charge in [0.05, 0.1) is 11.4 Å². The molecule has 2 aromatic carbocycles. The van der Waals surface area contributed by atoms with E-state index >= 15 is 0 Å².